The Morgan fingerprint density at radius 3 is 2.85 bits per heavy atom. The third-order valence-corrected chi connectivity index (χ3v) is 3.83. The van der Waals surface area contributed by atoms with Crippen LogP contribution in [0.5, 0.6) is 17.2 Å². The molecule has 1 aromatic carbocycles. The van der Waals surface area contributed by atoms with Crippen molar-refractivity contribution >= 4 is 0 Å². The van der Waals surface area contributed by atoms with Gasteiger partial charge in [-0.3, -0.25) is 4.90 Å². The molecule has 110 valence electrons. The predicted molar refractivity (Wildman–Crippen MR) is 76.6 cm³/mol. The number of nitrogens with two attached hydrogens (primary N) is 1. The van der Waals surface area contributed by atoms with Crippen molar-refractivity contribution in [1.82, 2.24) is 4.90 Å². The summed E-state index contributed by atoms with van der Waals surface area (Å²) in [5, 5.41) is 0. The van der Waals surface area contributed by atoms with Gasteiger partial charge in [-0.05, 0) is 38.1 Å². The number of para-hydroxylation sites is 1. The van der Waals surface area contributed by atoms with E-state index in [1.807, 2.05) is 18.2 Å². The smallest absolute Gasteiger partial charge is 0.203 e. The lowest BCUT2D eigenvalue weighted by Gasteiger charge is -2.30. The molecule has 2 heterocycles. The second-order valence-corrected chi connectivity index (χ2v) is 5.31. The summed E-state index contributed by atoms with van der Waals surface area (Å²) in [5.74, 6) is 2.29. The van der Waals surface area contributed by atoms with Crippen LogP contribution in [0.4, 0.5) is 0 Å². The number of benzene rings is 1. The third kappa shape index (κ3) is 3.16. The Labute approximate surface area is 119 Å². The number of likely N-dealkylation sites (tertiary alicyclic amines) is 1. The van der Waals surface area contributed by atoms with Crippen molar-refractivity contribution in [3.63, 3.8) is 0 Å². The minimum absolute atomic E-state index is 0.374. The van der Waals surface area contributed by atoms with Gasteiger partial charge in [0.25, 0.3) is 0 Å². The first-order valence-electron chi connectivity index (χ1n) is 7.32. The number of ether oxygens (including phenoxy) is 3. The van der Waals surface area contributed by atoms with Crippen molar-refractivity contribution in [2.45, 2.75) is 18.9 Å². The monoisotopic (exact) mass is 278 g/mol. The average Bonchev–Trinajstić information content (AvgIpc) is 2.49. The first kappa shape index (κ1) is 13.5. The highest BCUT2D eigenvalue weighted by atomic mass is 16.6. The van der Waals surface area contributed by atoms with Gasteiger partial charge in [0.05, 0.1) is 0 Å². The van der Waals surface area contributed by atoms with Gasteiger partial charge in [-0.1, -0.05) is 6.07 Å². The van der Waals surface area contributed by atoms with E-state index in [1.165, 1.54) is 0 Å². The van der Waals surface area contributed by atoms with E-state index in [-0.39, 0.29) is 0 Å². The molecule has 5 nitrogen and oxygen atoms in total. The minimum atomic E-state index is 0.374. The summed E-state index contributed by atoms with van der Waals surface area (Å²) in [6.45, 7) is 4.90. The normalized spacial score (nSPS) is 19.9. The SMILES string of the molecule is NC1CCN(CCOc2cccc3c2OCCO3)CC1. The van der Waals surface area contributed by atoms with E-state index in [9.17, 15) is 0 Å². The Bertz CT molecular complexity index is 445. The summed E-state index contributed by atoms with van der Waals surface area (Å²) in [6, 6.07) is 6.15. The van der Waals surface area contributed by atoms with Crippen LogP contribution in [0.1, 0.15) is 12.8 Å². The largest absolute Gasteiger partial charge is 0.488 e. The summed E-state index contributed by atoms with van der Waals surface area (Å²) in [6.07, 6.45) is 2.16. The standard InChI is InChI=1S/C15H22N2O3/c16-12-4-6-17(7-5-12)8-9-18-13-2-1-3-14-15(13)20-11-10-19-14/h1-3,12H,4-11,16H2. The lowest BCUT2D eigenvalue weighted by Crippen LogP contribution is -2.41. The van der Waals surface area contributed by atoms with E-state index in [4.69, 9.17) is 19.9 Å². The van der Waals surface area contributed by atoms with E-state index in [2.05, 4.69) is 4.90 Å². The number of hydrogen-bond acceptors (Lipinski definition) is 5. The second kappa shape index (κ2) is 6.33. The van der Waals surface area contributed by atoms with Crippen LogP contribution < -0.4 is 19.9 Å². The zero-order valence-electron chi connectivity index (χ0n) is 11.7. The van der Waals surface area contributed by atoms with Crippen LogP contribution >= 0.6 is 0 Å². The molecule has 0 aromatic heterocycles. The highest BCUT2D eigenvalue weighted by Gasteiger charge is 2.18. The van der Waals surface area contributed by atoms with Gasteiger partial charge in [-0.2, -0.15) is 0 Å². The first-order valence-corrected chi connectivity index (χ1v) is 7.32. The fraction of sp³-hybridized carbons (Fsp3) is 0.600. The van der Waals surface area contributed by atoms with Crippen LogP contribution in [0.3, 0.4) is 0 Å². The molecule has 5 heteroatoms. The van der Waals surface area contributed by atoms with Gasteiger partial charge in [0, 0.05) is 12.6 Å². The van der Waals surface area contributed by atoms with Crippen molar-refractivity contribution < 1.29 is 14.2 Å². The van der Waals surface area contributed by atoms with Gasteiger partial charge in [0.2, 0.25) is 5.75 Å². The summed E-state index contributed by atoms with van der Waals surface area (Å²) in [4.78, 5) is 2.40. The molecule has 20 heavy (non-hydrogen) atoms. The zero-order valence-corrected chi connectivity index (χ0v) is 11.7. The fourth-order valence-electron chi connectivity index (χ4n) is 2.62. The van der Waals surface area contributed by atoms with E-state index in [1.54, 1.807) is 0 Å². The molecule has 0 spiro atoms. The Morgan fingerprint density at radius 1 is 1.20 bits per heavy atom. The number of rotatable bonds is 4. The van der Waals surface area contributed by atoms with Gasteiger partial charge in [0.15, 0.2) is 11.5 Å². The van der Waals surface area contributed by atoms with Gasteiger partial charge < -0.3 is 19.9 Å². The molecular weight excluding hydrogens is 256 g/mol. The Balaban J connectivity index is 1.51. The fourth-order valence-corrected chi connectivity index (χ4v) is 2.62. The topological polar surface area (TPSA) is 57.0 Å². The van der Waals surface area contributed by atoms with E-state index in [0.29, 0.717) is 25.9 Å². The average molecular weight is 278 g/mol. The molecule has 0 unspecified atom stereocenters. The van der Waals surface area contributed by atoms with Crippen LogP contribution in [0.2, 0.25) is 0 Å². The van der Waals surface area contributed by atoms with Gasteiger partial charge >= 0.3 is 0 Å². The molecule has 2 N–H and O–H groups in total. The molecular formula is C15H22N2O3. The zero-order chi connectivity index (χ0) is 13.8. The van der Waals surface area contributed by atoms with E-state index in [0.717, 1.165) is 49.7 Å². The minimum Gasteiger partial charge on any atom is -0.488 e. The Morgan fingerprint density at radius 2 is 2.00 bits per heavy atom. The summed E-state index contributed by atoms with van der Waals surface area (Å²) < 4.78 is 17.0. The first-order chi connectivity index (χ1) is 9.83. The van der Waals surface area contributed by atoms with Gasteiger partial charge in [-0.15, -0.1) is 0 Å². The lowest BCUT2D eigenvalue weighted by molar-refractivity contribution is 0.150. The van der Waals surface area contributed by atoms with Crippen LogP contribution in [-0.2, 0) is 0 Å². The number of piperidine rings is 1. The van der Waals surface area contributed by atoms with Crippen molar-refractivity contribution in [1.29, 1.82) is 0 Å². The van der Waals surface area contributed by atoms with Gasteiger partial charge in [0.1, 0.15) is 19.8 Å². The maximum Gasteiger partial charge on any atom is 0.203 e. The van der Waals surface area contributed by atoms with Crippen LogP contribution in [0.25, 0.3) is 0 Å². The molecule has 0 bridgehead atoms. The maximum absolute atomic E-state index is 5.90. The molecule has 0 amide bonds. The van der Waals surface area contributed by atoms with Crippen LogP contribution in [0, 0.1) is 0 Å². The molecule has 0 saturated carbocycles. The molecule has 2 aliphatic rings. The Kier molecular flexibility index (Phi) is 4.28. The van der Waals surface area contributed by atoms with E-state index < -0.39 is 0 Å². The van der Waals surface area contributed by atoms with Gasteiger partial charge in [-0.25, -0.2) is 0 Å². The molecule has 0 atom stereocenters. The molecule has 3 rings (SSSR count). The summed E-state index contributed by atoms with van der Waals surface area (Å²) in [5.41, 5.74) is 5.90. The highest BCUT2D eigenvalue weighted by molar-refractivity contribution is 5.51. The third-order valence-electron chi connectivity index (χ3n) is 3.83. The second-order valence-electron chi connectivity index (χ2n) is 5.31. The molecule has 1 fully saturated rings. The van der Waals surface area contributed by atoms with Crippen molar-refractivity contribution in [2.75, 3.05) is 39.5 Å². The molecule has 2 aliphatic heterocycles. The lowest BCUT2D eigenvalue weighted by atomic mass is 10.1. The number of nitrogens with zero attached hydrogens (tertiary/aromatic N) is 1. The molecule has 0 radical (unpaired) electrons. The van der Waals surface area contributed by atoms with Crippen molar-refractivity contribution in [3.05, 3.63) is 18.2 Å². The molecule has 1 saturated heterocycles. The number of hydrogen-bond donors (Lipinski definition) is 1. The van der Waals surface area contributed by atoms with Crippen molar-refractivity contribution in [2.24, 2.45) is 5.73 Å². The van der Waals surface area contributed by atoms with Crippen LogP contribution in [0.15, 0.2) is 18.2 Å². The molecule has 1 aromatic rings. The molecule has 0 aliphatic carbocycles. The number of fused-ring (bicyclic) bond motifs is 1. The van der Waals surface area contributed by atoms with Crippen LogP contribution in [-0.4, -0.2) is 50.4 Å². The summed E-state index contributed by atoms with van der Waals surface area (Å²) in [7, 11) is 0. The predicted octanol–water partition coefficient (Wildman–Crippen LogP) is 1.26. The Hall–Kier alpha value is -1.46. The quantitative estimate of drug-likeness (QED) is 0.898. The highest BCUT2D eigenvalue weighted by Crippen LogP contribution is 2.38. The summed E-state index contributed by atoms with van der Waals surface area (Å²) >= 11 is 0. The van der Waals surface area contributed by atoms with E-state index >= 15 is 0 Å². The van der Waals surface area contributed by atoms with Crippen molar-refractivity contribution in [3.8, 4) is 17.2 Å². The maximum atomic E-state index is 5.90.